The lowest BCUT2D eigenvalue weighted by Crippen LogP contribution is -2.52. The molecule has 27 heavy (non-hydrogen) atoms. The number of nitrogens with zero attached hydrogens (tertiary/aromatic N) is 4. The van der Waals surface area contributed by atoms with E-state index < -0.39 is 0 Å². The van der Waals surface area contributed by atoms with E-state index in [-0.39, 0.29) is 36.5 Å². The fourth-order valence-electron chi connectivity index (χ4n) is 3.68. The van der Waals surface area contributed by atoms with Gasteiger partial charge < -0.3 is 14.7 Å². The van der Waals surface area contributed by atoms with E-state index in [9.17, 15) is 14.4 Å². The van der Waals surface area contributed by atoms with Crippen LogP contribution in [0.25, 0.3) is 0 Å². The average molecular weight is 368 g/mol. The third-order valence-electron chi connectivity index (χ3n) is 5.28. The van der Waals surface area contributed by atoms with Crippen molar-refractivity contribution in [1.82, 2.24) is 9.80 Å². The number of benzene rings is 1. The van der Waals surface area contributed by atoms with Crippen molar-refractivity contribution in [3.05, 3.63) is 29.8 Å². The zero-order valence-corrected chi connectivity index (χ0v) is 15.6. The number of hydrogen-bond acceptors (Lipinski definition) is 4. The number of carbonyl (C=O) groups excluding carboxylic acids is 3. The number of rotatable bonds is 4. The number of aryl methyl sites for hydroxylation is 1. The van der Waals surface area contributed by atoms with Gasteiger partial charge in [-0.25, -0.2) is 0 Å². The average Bonchev–Trinajstić information content (AvgIpc) is 3.09. The van der Waals surface area contributed by atoms with Crippen LogP contribution in [0.15, 0.2) is 24.3 Å². The monoisotopic (exact) mass is 368 g/mol. The lowest BCUT2D eigenvalue weighted by molar-refractivity contribution is -0.141. The maximum Gasteiger partial charge on any atom is 0.236 e. The summed E-state index contributed by atoms with van der Waals surface area (Å²) in [5.74, 6) is -0.582. The molecule has 2 fully saturated rings. The molecule has 1 unspecified atom stereocenters. The summed E-state index contributed by atoms with van der Waals surface area (Å²) >= 11 is 0. The van der Waals surface area contributed by atoms with Crippen LogP contribution in [-0.4, -0.2) is 60.2 Å². The van der Waals surface area contributed by atoms with E-state index >= 15 is 0 Å². The Balaban J connectivity index is 1.60. The fraction of sp³-hybridized carbons (Fsp3) is 0.500. The lowest BCUT2D eigenvalue weighted by Gasteiger charge is -2.35. The van der Waals surface area contributed by atoms with Crippen LogP contribution in [0, 0.1) is 17.2 Å². The normalized spacial score (nSPS) is 19.9. The highest BCUT2D eigenvalue weighted by Gasteiger charge is 2.38. The molecule has 2 aliphatic heterocycles. The minimum absolute atomic E-state index is 0.0233. The molecule has 7 heteroatoms. The van der Waals surface area contributed by atoms with Crippen molar-refractivity contribution in [3.63, 3.8) is 0 Å². The van der Waals surface area contributed by atoms with Crippen molar-refractivity contribution >= 4 is 23.4 Å². The molecular formula is C20H24N4O3. The van der Waals surface area contributed by atoms with Gasteiger partial charge in [0.1, 0.15) is 6.42 Å². The van der Waals surface area contributed by atoms with E-state index in [1.165, 1.54) is 0 Å². The Kier molecular flexibility index (Phi) is 5.75. The van der Waals surface area contributed by atoms with E-state index in [4.69, 9.17) is 5.26 Å². The number of nitriles is 1. The summed E-state index contributed by atoms with van der Waals surface area (Å²) in [4.78, 5) is 42.1. The Morgan fingerprint density at radius 1 is 1.19 bits per heavy atom. The van der Waals surface area contributed by atoms with Gasteiger partial charge in [0.15, 0.2) is 0 Å². The highest BCUT2D eigenvalue weighted by molar-refractivity contribution is 6.00. The first-order valence-electron chi connectivity index (χ1n) is 9.36. The van der Waals surface area contributed by atoms with Crippen LogP contribution in [0.1, 0.15) is 25.3 Å². The summed E-state index contributed by atoms with van der Waals surface area (Å²) in [6.45, 7) is 4.25. The number of piperazine rings is 1. The maximum absolute atomic E-state index is 12.8. The van der Waals surface area contributed by atoms with Crippen LogP contribution >= 0.6 is 0 Å². The first-order valence-corrected chi connectivity index (χ1v) is 9.36. The van der Waals surface area contributed by atoms with E-state index in [1.54, 1.807) is 14.7 Å². The highest BCUT2D eigenvalue weighted by atomic mass is 16.2. The smallest absolute Gasteiger partial charge is 0.236 e. The summed E-state index contributed by atoms with van der Waals surface area (Å²) in [5.41, 5.74) is 2.01. The third-order valence-corrected chi connectivity index (χ3v) is 5.28. The standard InChI is InChI=1S/C20H24N4O3/c1-2-15-4-3-5-17(12-15)24-14-16(13-19(24)26)20(27)23-10-8-22(9-11-23)18(25)6-7-21/h3-5,12,16H,2,6,8-11,13-14H2,1H3. The number of hydrogen-bond donors (Lipinski definition) is 0. The van der Waals surface area contributed by atoms with Gasteiger partial charge in [0.2, 0.25) is 17.7 Å². The van der Waals surface area contributed by atoms with Crippen molar-refractivity contribution in [1.29, 1.82) is 5.26 Å². The van der Waals surface area contributed by atoms with E-state index in [0.29, 0.717) is 32.7 Å². The molecule has 0 aliphatic carbocycles. The van der Waals surface area contributed by atoms with Crippen LogP contribution in [-0.2, 0) is 20.8 Å². The predicted molar refractivity (Wildman–Crippen MR) is 99.7 cm³/mol. The first-order chi connectivity index (χ1) is 13.0. The molecule has 3 rings (SSSR count). The first kappa shape index (κ1) is 18.9. The highest BCUT2D eigenvalue weighted by Crippen LogP contribution is 2.27. The zero-order chi connectivity index (χ0) is 19.4. The summed E-state index contributed by atoms with van der Waals surface area (Å²) in [6, 6.07) is 9.74. The summed E-state index contributed by atoms with van der Waals surface area (Å²) < 4.78 is 0. The maximum atomic E-state index is 12.8. The number of carbonyl (C=O) groups is 3. The molecular weight excluding hydrogens is 344 g/mol. The number of anilines is 1. The molecule has 2 aliphatic rings. The number of amides is 3. The van der Waals surface area contributed by atoms with Gasteiger partial charge in [-0.3, -0.25) is 14.4 Å². The van der Waals surface area contributed by atoms with Gasteiger partial charge >= 0.3 is 0 Å². The zero-order valence-electron chi connectivity index (χ0n) is 15.6. The molecule has 1 aromatic rings. The van der Waals surface area contributed by atoms with Crippen molar-refractivity contribution < 1.29 is 14.4 Å². The Bertz CT molecular complexity index is 778. The molecule has 2 saturated heterocycles. The largest absolute Gasteiger partial charge is 0.339 e. The molecule has 7 nitrogen and oxygen atoms in total. The van der Waals surface area contributed by atoms with E-state index in [1.807, 2.05) is 30.3 Å². The second-order valence-corrected chi connectivity index (χ2v) is 6.97. The van der Waals surface area contributed by atoms with Crippen LogP contribution in [0.2, 0.25) is 0 Å². The van der Waals surface area contributed by atoms with Gasteiger partial charge in [0.05, 0.1) is 12.0 Å². The summed E-state index contributed by atoms with van der Waals surface area (Å²) in [6.07, 6.45) is 0.993. The quantitative estimate of drug-likeness (QED) is 0.799. The van der Waals surface area contributed by atoms with E-state index in [0.717, 1.165) is 17.7 Å². The third kappa shape index (κ3) is 4.11. The molecule has 1 aromatic carbocycles. The molecule has 0 aromatic heterocycles. The Hall–Kier alpha value is -2.88. The second kappa shape index (κ2) is 8.21. The molecule has 0 bridgehead atoms. The van der Waals surface area contributed by atoms with Crippen molar-refractivity contribution in [3.8, 4) is 6.07 Å². The second-order valence-electron chi connectivity index (χ2n) is 6.97. The van der Waals surface area contributed by atoms with Gasteiger partial charge in [-0.1, -0.05) is 19.1 Å². The minimum Gasteiger partial charge on any atom is -0.339 e. The Labute approximate surface area is 159 Å². The Morgan fingerprint density at radius 3 is 2.56 bits per heavy atom. The molecule has 0 N–H and O–H groups in total. The molecule has 2 heterocycles. The molecule has 1 atom stereocenters. The summed E-state index contributed by atoms with van der Waals surface area (Å²) in [7, 11) is 0. The minimum atomic E-state index is -0.343. The predicted octanol–water partition coefficient (Wildman–Crippen LogP) is 1.19. The van der Waals surface area contributed by atoms with Crippen molar-refractivity contribution in [2.24, 2.45) is 5.92 Å². The van der Waals surface area contributed by atoms with Crippen LogP contribution in [0.3, 0.4) is 0 Å². The van der Waals surface area contributed by atoms with Gasteiger partial charge in [0, 0.05) is 44.8 Å². The van der Waals surface area contributed by atoms with Crippen LogP contribution < -0.4 is 4.90 Å². The van der Waals surface area contributed by atoms with Gasteiger partial charge in [-0.2, -0.15) is 5.26 Å². The van der Waals surface area contributed by atoms with Gasteiger partial charge in [-0.05, 0) is 24.1 Å². The van der Waals surface area contributed by atoms with Gasteiger partial charge in [-0.15, -0.1) is 0 Å². The SMILES string of the molecule is CCc1cccc(N2CC(C(=O)N3CCN(C(=O)CC#N)CC3)CC2=O)c1. The molecule has 142 valence electrons. The van der Waals surface area contributed by atoms with Gasteiger partial charge in [0.25, 0.3) is 0 Å². The summed E-state index contributed by atoms with van der Waals surface area (Å²) in [5, 5.41) is 8.63. The molecule has 0 saturated carbocycles. The van der Waals surface area contributed by atoms with Crippen LogP contribution in [0.4, 0.5) is 5.69 Å². The molecule has 3 amide bonds. The topological polar surface area (TPSA) is 84.7 Å². The van der Waals surface area contributed by atoms with Crippen molar-refractivity contribution in [2.75, 3.05) is 37.6 Å². The van der Waals surface area contributed by atoms with Crippen LogP contribution in [0.5, 0.6) is 0 Å². The van der Waals surface area contributed by atoms with Crippen molar-refractivity contribution in [2.45, 2.75) is 26.2 Å². The fourth-order valence-corrected chi connectivity index (χ4v) is 3.68. The lowest BCUT2D eigenvalue weighted by atomic mass is 10.1. The molecule has 0 spiro atoms. The molecule has 0 radical (unpaired) electrons. The van der Waals surface area contributed by atoms with E-state index in [2.05, 4.69) is 6.92 Å². The Morgan fingerprint density at radius 2 is 1.89 bits per heavy atom.